The highest BCUT2D eigenvalue weighted by atomic mass is 32.1. The molecule has 0 amide bonds. The van der Waals surface area contributed by atoms with Gasteiger partial charge in [0, 0.05) is 22.8 Å². The zero-order valence-corrected chi connectivity index (χ0v) is 13.0. The molecule has 1 heterocycles. The van der Waals surface area contributed by atoms with Gasteiger partial charge >= 0.3 is 0 Å². The summed E-state index contributed by atoms with van der Waals surface area (Å²) in [7, 11) is 0. The van der Waals surface area contributed by atoms with Crippen LogP contribution in [0, 0.1) is 0 Å². The van der Waals surface area contributed by atoms with Crippen molar-refractivity contribution < 1.29 is 0 Å². The summed E-state index contributed by atoms with van der Waals surface area (Å²) in [6.45, 7) is 8.36. The SMILES string of the molecule is CCN(CC)Cc1cccc(NCc2sccc2N)c1. The molecule has 2 rings (SSSR count). The first-order chi connectivity index (χ1) is 9.72. The largest absolute Gasteiger partial charge is 0.398 e. The van der Waals surface area contributed by atoms with E-state index in [1.54, 1.807) is 11.3 Å². The van der Waals surface area contributed by atoms with Crippen LogP contribution < -0.4 is 11.1 Å². The number of hydrogen-bond acceptors (Lipinski definition) is 4. The summed E-state index contributed by atoms with van der Waals surface area (Å²) >= 11 is 1.70. The van der Waals surface area contributed by atoms with Crippen molar-refractivity contribution >= 4 is 22.7 Å². The highest BCUT2D eigenvalue weighted by Crippen LogP contribution is 2.21. The number of nitrogen functional groups attached to an aromatic ring is 1. The van der Waals surface area contributed by atoms with E-state index in [1.807, 2.05) is 11.4 Å². The molecule has 2 aromatic rings. The molecule has 0 aliphatic carbocycles. The van der Waals surface area contributed by atoms with E-state index in [-0.39, 0.29) is 0 Å². The first-order valence-electron chi connectivity index (χ1n) is 7.10. The van der Waals surface area contributed by atoms with Crippen molar-refractivity contribution in [2.24, 2.45) is 0 Å². The number of rotatable bonds is 7. The maximum atomic E-state index is 5.90. The Morgan fingerprint density at radius 2 is 2.00 bits per heavy atom. The lowest BCUT2D eigenvalue weighted by atomic mass is 10.2. The van der Waals surface area contributed by atoms with Crippen LogP contribution in [0.1, 0.15) is 24.3 Å². The molecule has 0 radical (unpaired) electrons. The van der Waals surface area contributed by atoms with Gasteiger partial charge in [-0.15, -0.1) is 11.3 Å². The summed E-state index contributed by atoms with van der Waals surface area (Å²) in [6.07, 6.45) is 0. The Hall–Kier alpha value is -1.52. The highest BCUT2D eigenvalue weighted by molar-refractivity contribution is 7.10. The van der Waals surface area contributed by atoms with Crippen molar-refractivity contribution in [1.29, 1.82) is 0 Å². The van der Waals surface area contributed by atoms with E-state index in [0.29, 0.717) is 0 Å². The van der Waals surface area contributed by atoms with Crippen LogP contribution >= 0.6 is 11.3 Å². The van der Waals surface area contributed by atoms with Gasteiger partial charge in [0.25, 0.3) is 0 Å². The van der Waals surface area contributed by atoms with Crippen LogP contribution in [0.3, 0.4) is 0 Å². The van der Waals surface area contributed by atoms with E-state index in [2.05, 4.69) is 48.3 Å². The van der Waals surface area contributed by atoms with Crippen LogP contribution in [0.5, 0.6) is 0 Å². The lowest BCUT2D eigenvalue weighted by Gasteiger charge is -2.18. The molecule has 0 atom stereocenters. The Labute approximate surface area is 125 Å². The monoisotopic (exact) mass is 289 g/mol. The minimum atomic E-state index is 0.790. The molecule has 0 spiro atoms. The normalized spacial score (nSPS) is 10.9. The Balaban J connectivity index is 1.97. The van der Waals surface area contributed by atoms with Gasteiger partial charge in [0.2, 0.25) is 0 Å². The van der Waals surface area contributed by atoms with E-state index < -0.39 is 0 Å². The smallest absolute Gasteiger partial charge is 0.0514 e. The number of nitrogens with two attached hydrogens (primary N) is 1. The van der Waals surface area contributed by atoms with Gasteiger partial charge in [0.05, 0.1) is 6.54 Å². The molecule has 0 saturated heterocycles. The molecule has 4 heteroatoms. The van der Waals surface area contributed by atoms with Gasteiger partial charge in [-0.05, 0) is 42.2 Å². The Morgan fingerprint density at radius 1 is 1.20 bits per heavy atom. The van der Waals surface area contributed by atoms with E-state index in [1.165, 1.54) is 10.4 Å². The average Bonchev–Trinajstić information content (AvgIpc) is 2.88. The van der Waals surface area contributed by atoms with Crippen molar-refractivity contribution in [1.82, 2.24) is 4.90 Å². The molecule has 0 aliphatic rings. The maximum absolute atomic E-state index is 5.90. The third-order valence-electron chi connectivity index (χ3n) is 3.46. The number of benzene rings is 1. The van der Waals surface area contributed by atoms with Gasteiger partial charge in [-0.1, -0.05) is 26.0 Å². The number of nitrogens with zero attached hydrogens (tertiary/aromatic N) is 1. The minimum absolute atomic E-state index is 0.790. The molecule has 0 bridgehead atoms. The second-order valence-corrected chi connectivity index (χ2v) is 5.82. The summed E-state index contributed by atoms with van der Waals surface area (Å²) < 4.78 is 0. The topological polar surface area (TPSA) is 41.3 Å². The first kappa shape index (κ1) is 14.9. The van der Waals surface area contributed by atoms with Crippen LogP contribution in [-0.2, 0) is 13.1 Å². The third kappa shape index (κ3) is 3.99. The van der Waals surface area contributed by atoms with Crippen LogP contribution in [0.2, 0.25) is 0 Å². The second kappa shape index (κ2) is 7.31. The van der Waals surface area contributed by atoms with E-state index >= 15 is 0 Å². The molecular weight excluding hydrogens is 266 g/mol. The number of nitrogens with one attached hydrogen (secondary N) is 1. The van der Waals surface area contributed by atoms with Crippen LogP contribution in [0.25, 0.3) is 0 Å². The van der Waals surface area contributed by atoms with Crippen molar-refractivity contribution in [3.8, 4) is 0 Å². The summed E-state index contributed by atoms with van der Waals surface area (Å²) in [5, 5.41) is 5.48. The standard InChI is InChI=1S/C16H23N3S/c1-3-19(4-2)12-13-6-5-7-14(10-13)18-11-16-15(17)8-9-20-16/h5-10,18H,3-4,11-12,17H2,1-2H3. The predicted molar refractivity (Wildman–Crippen MR) is 89.1 cm³/mol. The van der Waals surface area contributed by atoms with Gasteiger partial charge < -0.3 is 11.1 Å². The Kier molecular flexibility index (Phi) is 5.44. The molecule has 0 aliphatic heterocycles. The predicted octanol–water partition coefficient (Wildman–Crippen LogP) is 3.78. The molecule has 0 saturated carbocycles. The lowest BCUT2D eigenvalue weighted by Crippen LogP contribution is -2.22. The molecular formula is C16H23N3S. The van der Waals surface area contributed by atoms with Crippen molar-refractivity contribution in [2.75, 3.05) is 24.1 Å². The van der Waals surface area contributed by atoms with Crippen LogP contribution in [0.15, 0.2) is 35.7 Å². The fourth-order valence-corrected chi connectivity index (χ4v) is 2.90. The third-order valence-corrected chi connectivity index (χ3v) is 4.40. The zero-order chi connectivity index (χ0) is 14.4. The number of thiophene rings is 1. The molecule has 1 aromatic carbocycles. The zero-order valence-electron chi connectivity index (χ0n) is 12.2. The fraction of sp³-hybridized carbons (Fsp3) is 0.375. The molecule has 20 heavy (non-hydrogen) atoms. The Bertz CT molecular complexity index is 532. The van der Waals surface area contributed by atoms with Crippen molar-refractivity contribution in [3.05, 3.63) is 46.2 Å². The van der Waals surface area contributed by atoms with Crippen molar-refractivity contribution in [3.63, 3.8) is 0 Å². The van der Waals surface area contributed by atoms with Crippen molar-refractivity contribution in [2.45, 2.75) is 26.9 Å². The molecule has 0 fully saturated rings. The summed E-state index contributed by atoms with van der Waals surface area (Å²) in [4.78, 5) is 3.61. The second-order valence-electron chi connectivity index (χ2n) is 4.81. The minimum Gasteiger partial charge on any atom is -0.398 e. The average molecular weight is 289 g/mol. The van der Waals surface area contributed by atoms with Gasteiger partial charge in [0.1, 0.15) is 0 Å². The number of anilines is 2. The summed E-state index contributed by atoms with van der Waals surface area (Å²) in [5.74, 6) is 0. The quantitative estimate of drug-likeness (QED) is 0.815. The lowest BCUT2D eigenvalue weighted by molar-refractivity contribution is 0.296. The maximum Gasteiger partial charge on any atom is 0.0514 e. The molecule has 3 nitrogen and oxygen atoms in total. The molecule has 1 aromatic heterocycles. The van der Waals surface area contributed by atoms with Gasteiger partial charge in [-0.3, -0.25) is 4.90 Å². The molecule has 108 valence electrons. The van der Waals surface area contributed by atoms with Gasteiger partial charge in [-0.2, -0.15) is 0 Å². The first-order valence-corrected chi connectivity index (χ1v) is 7.98. The van der Waals surface area contributed by atoms with E-state index in [4.69, 9.17) is 5.73 Å². The van der Waals surface area contributed by atoms with Gasteiger partial charge in [0.15, 0.2) is 0 Å². The van der Waals surface area contributed by atoms with E-state index in [9.17, 15) is 0 Å². The summed E-state index contributed by atoms with van der Waals surface area (Å²) in [5.41, 5.74) is 9.28. The Morgan fingerprint density at radius 3 is 2.65 bits per heavy atom. The molecule has 0 unspecified atom stereocenters. The highest BCUT2D eigenvalue weighted by Gasteiger charge is 2.03. The number of hydrogen-bond donors (Lipinski definition) is 2. The molecule has 3 N–H and O–H groups in total. The van der Waals surface area contributed by atoms with E-state index in [0.717, 1.165) is 37.6 Å². The van der Waals surface area contributed by atoms with Gasteiger partial charge in [-0.25, -0.2) is 0 Å². The summed E-state index contributed by atoms with van der Waals surface area (Å²) in [6, 6.07) is 10.6. The van der Waals surface area contributed by atoms with Crippen LogP contribution in [-0.4, -0.2) is 18.0 Å². The fourth-order valence-electron chi connectivity index (χ4n) is 2.16. The van der Waals surface area contributed by atoms with Crippen LogP contribution in [0.4, 0.5) is 11.4 Å².